The van der Waals surface area contributed by atoms with Gasteiger partial charge in [-0.1, -0.05) is 22.0 Å². The van der Waals surface area contributed by atoms with E-state index in [4.69, 9.17) is 5.11 Å². The van der Waals surface area contributed by atoms with Crippen molar-refractivity contribution in [2.24, 2.45) is 11.8 Å². The van der Waals surface area contributed by atoms with E-state index in [-0.39, 0.29) is 5.92 Å². The van der Waals surface area contributed by atoms with Crippen molar-refractivity contribution < 1.29 is 9.90 Å². The van der Waals surface area contributed by atoms with Crippen LogP contribution in [0.25, 0.3) is 0 Å². The average Bonchev–Trinajstić information content (AvgIpc) is 2.39. The van der Waals surface area contributed by atoms with Gasteiger partial charge in [-0.15, -0.1) is 0 Å². The Kier molecular flexibility index (Phi) is 4.86. The van der Waals surface area contributed by atoms with Crippen LogP contribution in [0.2, 0.25) is 0 Å². The molecule has 4 heteroatoms. The fourth-order valence-electron chi connectivity index (χ4n) is 2.80. The van der Waals surface area contributed by atoms with Gasteiger partial charge in [-0.25, -0.2) is 0 Å². The molecule has 0 aliphatic heterocycles. The number of carbonyl (C=O) groups is 1. The Labute approximate surface area is 122 Å². The summed E-state index contributed by atoms with van der Waals surface area (Å²) in [7, 11) is 2.10. The second kappa shape index (κ2) is 6.42. The summed E-state index contributed by atoms with van der Waals surface area (Å²) in [5.41, 5.74) is 1.20. The minimum absolute atomic E-state index is 0.118. The van der Waals surface area contributed by atoms with E-state index in [0.29, 0.717) is 5.92 Å². The number of benzene rings is 1. The van der Waals surface area contributed by atoms with Crippen molar-refractivity contribution in [3.63, 3.8) is 0 Å². The van der Waals surface area contributed by atoms with Crippen LogP contribution in [0.4, 0.5) is 5.69 Å². The third kappa shape index (κ3) is 3.96. The number of anilines is 1. The molecule has 0 spiro atoms. The number of halogens is 1. The van der Waals surface area contributed by atoms with Gasteiger partial charge in [0.1, 0.15) is 0 Å². The summed E-state index contributed by atoms with van der Waals surface area (Å²) in [4.78, 5) is 13.2. The van der Waals surface area contributed by atoms with Crippen molar-refractivity contribution in [1.29, 1.82) is 0 Å². The van der Waals surface area contributed by atoms with E-state index < -0.39 is 5.97 Å². The predicted molar refractivity (Wildman–Crippen MR) is 80.5 cm³/mol. The van der Waals surface area contributed by atoms with Crippen molar-refractivity contribution in [2.75, 3.05) is 18.5 Å². The Morgan fingerprint density at radius 1 is 1.37 bits per heavy atom. The summed E-state index contributed by atoms with van der Waals surface area (Å²) >= 11 is 3.49. The molecule has 0 amide bonds. The fourth-order valence-corrected chi connectivity index (χ4v) is 3.19. The van der Waals surface area contributed by atoms with Crippen LogP contribution >= 0.6 is 15.9 Å². The highest BCUT2D eigenvalue weighted by molar-refractivity contribution is 9.10. The summed E-state index contributed by atoms with van der Waals surface area (Å²) in [6, 6.07) is 8.28. The Morgan fingerprint density at radius 3 is 2.63 bits per heavy atom. The van der Waals surface area contributed by atoms with Crippen LogP contribution in [0.15, 0.2) is 28.7 Å². The first-order valence-corrected chi connectivity index (χ1v) is 7.55. The van der Waals surface area contributed by atoms with Crippen LogP contribution in [-0.2, 0) is 4.79 Å². The molecular formula is C15H20BrNO2. The van der Waals surface area contributed by atoms with Gasteiger partial charge < -0.3 is 10.0 Å². The monoisotopic (exact) mass is 325 g/mol. The first-order valence-electron chi connectivity index (χ1n) is 6.76. The van der Waals surface area contributed by atoms with Gasteiger partial charge in [0, 0.05) is 23.8 Å². The average molecular weight is 326 g/mol. The quantitative estimate of drug-likeness (QED) is 0.915. The normalized spacial score (nSPS) is 23.1. The molecule has 0 atom stereocenters. The first kappa shape index (κ1) is 14.4. The Bertz CT molecular complexity index is 442. The Hall–Kier alpha value is -1.03. The van der Waals surface area contributed by atoms with Gasteiger partial charge in [-0.3, -0.25) is 4.79 Å². The van der Waals surface area contributed by atoms with Crippen LogP contribution in [0.3, 0.4) is 0 Å². The van der Waals surface area contributed by atoms with Gasteiger partial charge >= 0.3 is 5.97 Å². The molecule has 2 rings (SSSR count). The second-order valence-electron chi connectivity index (χ2n) is 5.42. The maximum Gasteiger partial charge on any atom is 0.306 e. The SMILES string of the molecule is CN(CC1CCC(C(=O)O)CC1)c1cccc(Br)c1. The number of carboxylic acids is 1. The van der Waals surface area contributed by atoms with Gasteiger partial charge in [0.2, 0.25) is 0 Å². The van der Waals surface area contributed by atoms with Gasteiger partial charge in [0.15, 0.2) is 0 Å². The van der Waals surface area contributed by atoms with E-state index in [1.54, 1.807) is 0 Å². The zero-order valence-corrected chi connectivity index (χ0v) is 12.8. The molecule has 1 aliphatic carbocycles. The minimum atomic E-state index is -0.626. The maximum atomic E-state index is 10.9. The van der Waals surface area contributed by atoms with E-state index in [1.165, 1.54) is 5.69 Å². The van der Waals surface area contributed by atoms with Gasteiger partial charge in [0.05, 0.1) is 5.92 Å². The molecule has 1 aromatic rings. The lowest BCUT2D eigenvalue weighted by atomic mass is 9.82. The van der Waals surface area contributed by atoms with Crippen LogP contribution in [0, 0.1) is 11.8 Å². The molecule has 1 aliphatic rings. The van der Waals surface area contributed by atoms with Crippen LogP contribution in [0.1, 0.15) is 25.7 Å². The second-order valence-corrected chi connectivity index (χ2v) is 6.33. The molecule has 1 saturated carbocycles. The standard InChI is InChI=1S/C15H20BrNO2/c1-17(14-4-2-3-13(16)9-14)10-11-5-7-12(8-6-11)15(18)19/h2-4,9,11-12H,5-8,10H2,1H3,(H,18,19). The molecule has 1 aromatic carbocycles. The summed E-state index contributed by atoms with van der Waals surface area (Å²) < 4.78 is 1.09. The summed E-state index contributed by atoms with van der Waals surface area (Å²) in [6.45, 7) is 1.00. The molecule has 3 nitrogen and oxygen atoms in total. The third-order valence-electron chi connectivity index (χ3n) is 3.98. The zero-order chi connectivity index (χ0) is 13.8. The van der Waals surface area contributed by atoms with Crippen molar-refractivity contribution in [3.8, 4) is 0 Å². The highest BCUT2D eigenvalue weighted by Gasteiger charge is 2.26. The number of rotatable bonds is 4. The van der Waals surface area contributed by atoms with Crippen molar-refractivity contribution in [1.82, 2.24) is 0 Å². The molecule has 1 N–H and O–H groups in total. The maximum absolute atomic E-state index is 10.9. The fraction of sp³-hybridized carbons (Fsp3) is 0.533. The number of aliphatic carboxylic acids is 1. The van der Waals surface area contributed by atoms with E-state index in [2.05, 4.69) is 40.0 Å². The zero-order valence-electron chi connectivity index (χ0n) is 11.2. The Balaban J connectivity index is 1.87. The molecule has 0 aromatic heterocycles. The van der Waals surface area contributed by atoms with E-state index in [1.807, 2.05) is 12.1 Å². The number of carboxylic acid groups (broad SMARTS) is 1. The highest BCUT2D eigenvalue weighted by Crippen LogP contribution is 2.30. The lowest BCUT2D eigenvalue weighted by Gasteiger charge is -2.30. The highest BCUT2D eigenvalue weighted by atomic mass is 79.9. The summed E-state index contributed by atoms with van der Waals surface area (Å²) in [5, 5.41) is 9.00. The van der Waals surface area contributed by atoms with E-state index in [9.17, 15) is 4.79 Å². The number of hydrogen-bond acceptors (Lipinski definition) is 2. The van der Waals surface area contributed by atoms with Crippen molar-refractivity contribution >= 4 is 27.6 Å². The molecular weight excluding hydrogens is 306 g/mol. The van der Waals surface area contributed by atoms with Gasteiger partial charge in [-0.05, 0) is 49.8 Å². The predicted octanol–water partition coefficient (Wildman–Crippen LogP) is 3.78. The van der Waals surface area contributed by atoms with Crippen LogP contribution in [-0.4, -0.2) is 24.7 Å². The Morgan fingerprint density at radius 2 is 2.05 bits per heavy atom. The molecule has 1 fully saturated rings. The van der Waals surface area contributed by atoms with E-state index >= 15 is 0 Å². The largest absolute Gasteiger partial charge is 0.481 e. The molecule has 19 heavy (non-hydrogen) atoms. The molecule has 0 saturated heterocycles. The van der Waals surface area contributed by atoms with E-state index in [0.717, 1.165) is 36.7 Å². The smallest absolute Gasteiger partial charge is 0.306 e. The summed E-state index contributed by atoms with van der Waals surface area (Å²) in [6.07, 6.45) is 3.70. The van der Waals surface area contributed by atoms with Gasteiger partial charge in [-0.2, -0.15) is 0 Å². The summed E-state index contributed by atoms with van der Waals surface area (Å²) in [5.74, 6) is -0.134. The topological polar surface area (TPSA) is 40.5 Å². The molecule has 0 bridgehead atoms. The minimum Gasteiger partial charge on any atom is -0.481 e. The van der Waals surface area contributed by atoms with Crippen molar-refractivity contribution in [3.05, 3.63) is 28.7 Å². The van der Waals surface area contributed by atoms with Crippen LogP contribution in [0.5, 0.6) is 0 Å². The molecule has 0 radical (unpaired) electrons. The lowest BCUT2D eigenvalue weighted by Crippen LogP contribution is -2.30. The lowest BCUT2D eigenvalue weighted by molar-refractivity contribution is -0.143. The number of nitrogens with zero attached hydrogens (tertiary/aromatic N) is 1. The molecule has 0 heterocycles. The first-order chi connectivity index (χ1) is 9.06. The molecule has 104 valence electrons. The van der Waals surface area contributed by atoms with Crippen LogP contribution < -0.4 is 4.90 Å². The van der Waals surface area contributed by atoms with Crippen molar-refractivity contribution in [2.45, 2.75) is 25.7 Å². The third-order valence-corrected chi connectivity index (χ3v) is 4.47. The van der Waals surface area contributed by atoms with Gasteiger partial charge in [0.25, 0.3) is 0 Å². The number of hydrogen-bond donors (Lipinski definition) is 1. The molecule has 0 unspecified atom stereocenters.